The van der Waals surface area contributed by atoms with E-state index in [4.69, 9.17) is 9.47 Å². The van der Waals surface area contributed by atoms with Crippen LogP contribution in [0.3, 0.4) is 0 Å². The zero-order valence-corrected chi connectivity index (χ0v) is 17.1. The van der Waals surface area contributed by atoms with Crippen LogP contribution in [0, 0.1) is 24.4 Å². The van der Waals surface area contributed by atoms with Gasteiger partial charge in [-0.1, -0.05) is 0 Å². The minimum absolute atomic E-state index is 0.0776. The minimum Gasteiger partial charge on any atom is -0.493 e. The summed E-state index contributed by atoms with van der Waals surface area (Å²) in [6.07, 6.45) is 0.819. The Bertz CT molecular complexity index is 992. The highest BCUT2D eigenvalue weighted by Gasteiger charge is 2.18. The molecule has 2 rings (SSSR count). The number of aliphatic imine (C=N–C) groups is 1. The van der Waals surface area contributed by atoms with E-state index in [1.54, 1.807) is 0 Å². The second kappa shape index (κ2) is 10.5. The fraction of sp³-hybridized carbons (Fsp3) is 0.238. The van der Waals surface area contributed by atoms with Crippen LogP contribution in [0.1, 0.15) is 11.1 Å². The van der Waals surface area contributed by atoms with Crippen molar-refractivity contribution in [3.8, 4) is 11.5 Å². The van der Waals surface area contributed by atoms with E-state index >= 15 is 0 Å². The summed E-state index contributed by atoms with van der Waals surface area (Å²) in [5, 5.41) is 2.89. The summed E-state index contributed by atoms with van der Waals surface area (Å²) < 4.78 is 65.8. The summed E-state index contributed by atoms with van der Waals surface area (Å²) in [5.74, 6) is -4.67. The number of carbonyl (C=O) groups is 1. The van der Waals surface area contributed by atoms with Gasteiger partial charge >= 0.3 is 5.91 Å². The number of halogens is 4. The molecule has 0 aliphatic rings. The van der Waals surface area contributed by atoms with Crippen LogP contribution in [-0.4, -0.2) is 38.4 Å². The number of anilines is 1. The van der Waals surface area contributed by atoms with Gasteiger partial charge in [-0.15, -0.1) is 0 Å². The molecule has 0 aliphatic carbocycles. The molecule has 0 heterocycles. The van der Waals surface area contributed by atoms with Crippen LogP contribution in [0.2, 0.25) is 0 Å². The molecule has 2 aromatic carbocycles. The molecule has 10 heteroatoms. The van der Waals surface area contributed by atoms with E-state index in [-0.39, 0.29) is 35.8 Å². The first-order valence-corrected chi connectivity index (χ1v) is 8.92. The highest BCUT2D eigenvalue weighted by molar-refractivity contribution is 5.94. The Morgan fingerprint density at radius 1 is 1.16 bits per heavy atom. The molecule has 0 fully saturated rings. The van der Waals surface area contributed by atoms with Crippen molar-refractivity contribution in [1.29, 1.82) is 0 Å². The Morgan fingerprint density at radius 2 is 1.81 bits per heavy atom. The molecule has 0 saturated heterocycles. The third-order valence-corrected chi connectivity index (χ3v) is 4.28. The molecule has 0 radical (unpaired) electrons. The van der Waals surface area contributed by atoms with Crippen LogP contribution >= 0.6 is 0 Å². The Balaban J connectivity index is 2.34. The standard InChI is InChI=1S/C21H21F4N3O3/c1-12-17(8-18(30-3)20(31-4)19(12)25)27-11-28(10-16(24)21(29)26-2)9-13-5-14(22)7-15(23)6-13/h5-8,10,27H,2,9,11H2,1,3-4H3/b16-10+. The number of amides is 1. The number of hydrogen-bond acceptors (Lipinski definition) is 5. The average molecular weight is 439 g/mol. The number of nitrogens with zero attached hydrogens (tertiary/aromatic N) is 2. The lowest BCUT2D eigenvalue weighted by atomic mass is 10.1. The van der Waals surface area contributed by atoms with Gasteiger partial charge in [0.2, 0.25) is 5.83 Å². The van der Waals surface area contributed by atoms with Crippen LogP contribution in [0.15, 0.2) is 41.3 Å². The Labute approximate surface area is 176 Å². The first kappa shape index (κ1) is 23.7. The van der Waals surface area contributed by atoms with Crippen molar-refractivity contribution in [3.63, 3.8) is 0 Å². The second-order valence-electron chi connectivity index (χ2n) is 6.40. The Morgan fingerprint density at radius 3 is 2.35 bits per heavy atom. The number of methoxy groups -OCH3 is 2. The summed E-state index contributed by atoms with van der Waals surface area (Å²) in [6.45, 7) is 4.13. The summed E-state index contributed by atoms with van der Waals surface area (Å²) in [6, 6.07) is 4.31. The van der Waals surface area contributed by atoms with Gasteiger partial charge in [-0.3, -0.25) is 4.79 Å². The molecule has 0 aromatic heterocycles. The third-order valence-electron chi connectivity index (χ3n) is 4.28. The maximum atomic E-state index is 14.6. The molecular formula is C21H21F4N3O3. The molecule has 0 saturated carbocycles. The number of nitrogens with one attached hydrogen (secondary N) is 1. The summed E-state index contributed by atoms with van der Waals surface area (Å²) in [7, 11) is 2.64. The predicted octanol–water partition coefficient (Wildman–Crippen LogP) is 4.34. The fourth-order valence-electron chi connectivity index (χ4n) is 2.79. The number of carbonyl (C=O) groups excluding carboxylic acids is 1. The van der Waals surface area contributed by atoms with Gasteiger partial charge in [0.05, 0.1) is 20.9 Å². The van der Waals surface area contributed by atoms with Crippen LogP contribution in [-0.2, 0) is 11.3 Å². The molecule has 0 unspecified atom stereocenters. The zero-order valence-electron chi connectivity index (χ0n) is 17.1. The van der Waals surface area contributed by atoms with Gasteiger partial charge in [0.15, 0.2) is 17.3 Å². The molecule has 2 aromatic rings. The molecule has 0 aliphatic heterocycles. The van der Waals surface area contributed by atoms with E-state index in [2.05, 4.69) is 17.0 Å². The highest BCUT2D eigenvalue weighted by atomic mass is 19.1. The molecule has 31 heavy (non-hydrogen) atoms. The summed E-state index contributed by atoms with van der Waals surface area (Å²) in [5.41, 5.74) is 0.674. The van der Waals surface area contributed by atoms with E-state index in [0.29, 0.717) is 11.8 Å². The topological polar surface area (TPSA) is 63.2 Å². The van der Waals surface area contributed by atoms with Gasteiger partial charge in [0.25, 0.3) is 0 Å². The zero-order chi connectivity index (χ0) is 23.1. The maximum absolute atomic E-state index is 14.6. The number of hydrogen-bond donors (Lipinski definition) is 1. The van der Waals surface area contributed by atoms with Crippen molar-refractivity contribution in [3.05, 3.63) is 64.9 Å². The van der Waals surface area contributed by atoms with E-state index < -0.39 is 29.2 Å². The maximum Gasteiger partial charge on any atom is 0.306 e. The highest BCUT2D eigenvalue weighted by Crippen LogP contribution is 2.36. The quantitative estimate of drug-likeness (QED) is 0.273. The number of ether oxygens (including phenoxy) is 2. The fourth-order valence-corrected chi connectivity index (χ4v) is 2.79. The van der Waals surface area contributed by atoms with E-state index in [0.717, 1.165) is 18.3 Å². The lowest BCUT2D eigenvalue weighted by molar-refractivity contribution is -0.115. The van der Waals surface area contributed by atoms with Gasteiger partial charge in [0.1, 0.15) is 11.6 Å². The van der Waals surface area contributed by atoms with Crippen LogP contribution < -0.4 is 14.8 Å². The molecule has 1 N–H and O–H groups in total. The molecule has 0 bridgehead atoms. The van der Waals surface area contributed by atoms with E-state index in [1.165, 1.54) is 32.1 Å². The average Bonchev–Trinajstić information content (AvgIpc) is 2.72. The van der Waals surface area contributed by atoms with Crippen molar-refractivity contribution in [1.82, 2.24) is 4.90 Å². The van der Waals surface area contributed by atoms with Crippen molar-refractivity contribution in [2.75, 3.05) is 26.2 Å². The van der Waals surface area contributed by atoms with Gasteiger partial charge in [-0.25, -0.2) is 18.2 Å². The predicted molar refractivity (Wildman–Crippen MR) is 108 cm³/mol. The van der Waals surface area contributed by atoms with Gasteiger partial charge < -0.3 is 19.7 Å². The monoisotopic (exact) mass is 439 g/mol. The normalized spacial score (nSPS) is 11.1. The smallest absolute Gasteiger partial charge is 0.306 e. The molecule has 0 atom stereocenters. The van der Waals surface area contributed by atoms with Crippen LogP contribution in [0.25, 0.3) is 0 Å². The number of rotatable bonds is 9. The van der Waals surface area contributed by atoms with Crippen molar-refractivity contribution in [2.45, 2.75) is 13.5 Å². The van der Waals surface area contributed by atoms with Crippen LogP contribution in [0.4, 0.5) is 23.2 Å². The largest absolute Gasteiger partial charge is 0.493 e. The molecular weight excluding hydrogens is 418 g/mol. The van der Waals surface area contributed by atoms with Gasteiger partial charge in [-0.2, -0.15) is 4.39 Å². The van der Waals surface area contributed by atoms with E-state index in [1.807, 2.05) is 0 Å². The van der Waals surface area contributed by atoms with Gasteiger partial charge in [-0.05, 0) is 31.3 Å². The Kier molecular flexibility index (Phi) is 8.00. The molecule has 166 valence electrons. The van der Waals surface area contributed by atoms with Crippen molar-refractivity contribution in [2.24, 2.45) is 4.99 Å². The SMILES string of the molecule is C=NC(=O)/C(F)=C\N(CNc1cc(OC)c(OC)c(F)c1C)Cc1cc(F)cc(F)c1. The minimum atomic E-state index is -1.23. The van der Waals surface area contributed by atoms with Crippen molar-refractivity contribution < 1.29 is 31.8 Å². The third kappa shape index (κ3) is 5.97. The number of benzene rings is 2. The molecule has 0 spiro atoms. The van der Waals surface area contributed by atoms with E-state index in [9.17, 15) is 22.4 Å². The molecule has 1 amide bonds. The first-order valence-electron chi connectivity index (χ1n) is 8.92. The second-order valence-corrected chi connectivity index (χ2v) is 6.40. The van der Waals surface area contributed by atoms with Crippen LogP contribution in [0.5, 0.6) is 11.5 Å². The summed E-state index contributed by atoms with van der Waals surface area (Å²) >= 11 is 0. The van der Waals surface area contributed by atoms with Crippen molar-refractivity contribution >= 4 is 18.3 Å². The Hall–Kier alpha value is -3.56. The summed E-state index contributed by atoms with van der Waals surface area (Å²) in [4.78, 5) is 15.6. The lowest BCUT2D eigenvalue weighted by Crippen LogP contribution is -2.25. The van der Waals surface area contributed by atoms with Gasteiger partial charge in [0, 0.05) is 36.1 Å². The molecule has 6 nitrogen and oxygen atoms in total. The lowest BCUT2D eigenvalue weighted by Gasteiger charge is -2.23. The first-order chi connectivity index (χ1) is 14.7.